The van der Waals surface area contributed by atoms with Gasteiger partial charge in [0.2, 0.25) is 11.8 Å². The van der Waals surface area contributed by atoms with E-state index in [1.165, 1.54) is 6.20 Å². The molecule has 0 aliphatic heterocycles. The van der Waals surface area contributed by atoms with Crippen LogP contribution in [0.25, 0.3) is 11.5 Å². The minimum atomic E-state index is -0.477. The van der Waals surface area contributed by atoms with Crippen molar-refractivity contribution in [2.24, 2.45) is 0 Å². The van der Waals surface area contributed by atoms with Crippen LogP contribution in [0.4, 0.5) is 0 Å². The van der Waals surface area contributed by atoms with E-state index in [2.05, 4.69) is 27.1 Å². The van der Waals surface area contributed by atoms with E-state index in [0.29, 0.717) is 23.0 Å². The summed E-state index contributed by atoms with van der Waals surface area (Å²) in [5.74, 6) is 0.159. The van der Waals surface area contributed by atoms with Crippen molar-refractivity contribution in [1.82, 2.24) is 24.7 Å². The molecule has 0 radical (unpaired) electrons. The summed E-state index contributed by atoms with van der Waals surface area (Å²) in [7, 11) is 1.58. The summed E-state index contributed by atoms with van der Waals surface area (Å²) in [5.41, 5.74) is 0.926. The van der Waals surface area contributed by atoms with Gasteiger partial charge in [-0.25, -0.2) is 0 Å². The zero-order valence-electron chi connectivity index (χ0n) is 19.5. The van der Waals surface area contributed by atoms with Crippen LogP contribution in [0.5, 0.6) is 5.88 Å². The number of aryl methyl sites for hydroxylation is 1. The largest absolute Gasteiger partial charge is 0.493 e. The van der Waals surface area contributed by atoms with E-state index in [1.807, 2.05) is 30.3 Å². The lowest BCUT2D eigenvalue weighted by atomic mass is 10.1. The number of ether oxygens (including phenoxy) is 1. The predicted molar refractivity (Wildman–Crippen MR) is 131 cm³/mol. The first kappa shape index (κ1) is 24.6. The van der Waals surface area contributed by atoms with Gasteiger partial charge in [-0.2, -0.15) is 4.98 Å². The number of hydrogen-bond donors (Lipinski definition) is 1. The summed E-state index contributed by atoms with van der Waals surface area (Å²) in [6, 6.07) is 12.6. The molecule has 10 heteroatoms. The van der Waals surface area contributed by atoms with E-state index in [4.69, 9.17) is 20.8 Å². The fourth-order valence-electron chi connectivity index (χ4n) is 3.83. The highest BCUT2D eigenvalue weighted by molar-refractivity contribution is 6.30. The Bertz CT molecular complexity index is 1320. The molecule has 1 N–H and O–H groups in total. The Kier molecular flexibility index (Phi) is 7.89. The van der Waals surface area contributed by atoms with Gasteiger partial charge in [0.15, 0.2) is 5.56 Å². The molecule has 9 nitrogen and oxygen atoms in total. The maximum atomic E-state index is 13.8. The summed E-state index contributed by atoms with van der Waals surface area (Å²) in [4.78, 5) is 22.4. The van der Waals surface area contributed by atoms with Gasteiger partial charge in [0.25, 0.3) is 11.4 Å². The monoisotopic (exact) mass is 495 g/mol. The summed E-state index contributed by atoms with van der Waals surface area (Å²) in [6.45, 7) is 2.29. The number of methoxy groups -OCH3 is 1. The molecule has 35 heavy (non-hydrogen) atoms. The van der Waals surface area contributed by atoms with Crippen LogP contribution in [-0.2, 0) is 17.6 Å². The molecule has 4 rings (SSSR count). The van der Waals surface area contributed by atoms with Crippen LogP contribution in [0.2, 0.25) is 5.02 Å². The van der Waals surface area contributed by atoms with Gasteiger partial charge in [0, 0.05) is 25.4 Å². The van der Waals surface area contributed by atoms with E-state index < -0.39 is 17.5 Å². The van der Waals surface area contributed by atoms with Crippen LogP contribution in [0.1, 0.15) is 48.8 Å². The molecule has 4 aromatic rings. The molecule has 0 aliphatic rings. The van der Waals surface area contributed by atoms with Crippen molar-refractivity contribution in [3.63, 3.8) is 0 Å². The molecule has 0 saturated carbocycles. The molecule has 0 amide bonds. The Morgan fingerprint density at radius 1 is 1.17 bits per heavy atom. The van der Waals surface area contributed by atoms with Gasteiger partial charge in [-0.15, -0.1) is 10.2 Å². The smallest absolute Gasteiger partial charge is 0.270 e. The van der Waals surface area contributed by atoms with Gasteiger partial charge in [0.05, 0.1) is 24.1 Å². The minimum absolute atomic E-state index is 0.107. The van der Waals surface area contributed by atoms with Crippen LogP contribution >= 0.6 is 11.6 Å². The lowest BCUT2D eigenvalue weighted by Crippen LogP contribution is -2.33. The third kappa shape index (κ3) is 5.58. The van der Waals surface area contributed by atoms with Crippen LogP contribution in [0, 0.1) is 0 Å². The number of rotatable bonds is 10. The van der Waals surface area contributed by atoms with Crippen molar-refractivity contribution in [3.05, 3.63) is 87.0 Å². The molecule has 0 bridgehead atoms. The van der Waals surface area contributed by atoms with E-state index >= 15 is 0 Å². The van der Waals surface area contributed by atoms with Crippen LogP contribution in [-0.4, -0.2) is 43.6 Å². The highest BCUT2D eigenvalue weighted by Gasteiger charge is 2.27. The first-order chi connectivity index (χ1) is 17.0. The van der Waals surface area contributed by atoms with Crippen molar-refractivity contribution in [3.8, 4) is 17.3 Å². The Hall–Kier alpha value is -3.56. The van der Waals surface area contributed by atoms with Crippen LogP contribution in [0.15, 0.2) is 57.9 Å². The van der Waals surface area contributed by atoms with E-state index in [1.54, 1.807) is 23.8 Å². The SMILES string of the molecule is CCCCc1nc(O)c(-c2nnc(Cc3ccc(Cl)cn3)o2)c(=O)n1[C@@H](COC)c1ccccc1. The number of aromatic hydroxyl groups is 1. The van der Waals surface area contributed by atoms with Crippen molar-refractivity contribution in [2.45, 2.75) is 38.6 Å². The molecule has 0 fully saturated rings. The highest BCUT2D eigenvalue weighted by atomic mass is 35.5. The summed E-state index contributed by atoms with van der Waals surface area (Å²) in [5, 5.41) is 19.3. The van der Waals surface area contributed by atoms with Crippen LogP contribution < -0.4 is 5.56 Å². The molecular weight excluding hydrogens is 470 g/mol. The van der Waals surface area contributed by atoms with Gasteiger partial charge in [-0.05, 0) is 24.1 Å². The molecule has 3 aromatic heterocycles. The summed E-state index contributed by atoms with van der Waals surface area (Å²) in [6.07, 6.45) is 4.00. The van der Waals surface area contributed by atoms with Crippen LogP contribution in [0.3, 0.4) is 0 Å². The molecule has 3 heterocycles. The number of aromatic nitrogens is 5. The molecule has 1 aromatic carbocycles. The van der Waals surface area contributed by atoms with Gasteiger partial charge < -0.3 is 14.3 Å². The first-order valence-electron chi connectivity index (χ1n) is 11.3. The molecule has 182 valence electrons. The van der Waals surface area contributed by atoms with Crippen molar-refractivity contribution in [1.29, 1.82) is 0 Å². The zero-order valence-corrected chi connectivity index (χ0v) is 20.3. The third-order valence-electron chi connectivity index (χ3n) is 5.55. The minimum Gasteiger partial charge on any atom is -0.493 e. The maximum Gasteiger partial charge on any atom is 0.270 e. The first-order valence-corrected chi connectivity index (χ1v) is 11.7. The standard InChI is InChI=1S/C25H26ClN5O4/c1-3-4-10-20-28-23(32)22(24-30-29-21(35-24)13-18-12-11-17(26)14-27-18)25(33)31(20)19(15-34-2)16-8-6-5-7-9-16/h5-9,11-12,14,19,32H,3-4,10,13,15H2,1-2H3/t19-/m0/s1. The zero-order chi connectivity index (χ0) is 24.8. The van der Waals surface area contributed by atoms with Gasteiger partial charge in [-0.3, -0.25) is 14.3 Å². The van der Waals surface area contributed by atoms with Gasteiger partial charge in [0.1, 0.15) is 5.82 Å². The Morgan fingerprint density at radius 2 is 1.97 bits per heavy atom. The second-order valence-electron chi connectivity index (χ2n) is 8.03. The molecule has 0 saturated heterocycles. The quantitative estimate of drug-likeness (QED) is 0.347. The fourth-order valence-corrected chi connectivity index (χ4v) is 3.94. The third-order valence-corrected chi connectivity index (χ3v) is 5.77. The fraction of sp³-hybridized carbons (Fsp3) is 0.320. The number of hydrogen-bond acceptors (Lipinski definition) is 8. The average molecular weight is 496 g/mol. The Balaban J connectivity index is 1.79. The number of halogens is 1. The second-order valence-corrected chi connectivity index (χ2v) is 8.47. The lowest BCUT2D eigenvalue weighted by molar-refractivity contribution is 0.166. The normalized spacial score (nSPS) is 12.1. The van der Waals surface area contributed by atoms with Gasteiger partial charge in [-0.1, -0.05) is 55.3 Å². The molecular formula is C25H26ClN5O4. The average Bonchev–Trinajstić information content (AvgIpc) is 3.31. The topological polar surface area (TPSA) is 116 Å². The second kappa shape index (κ2) is 11.2. The molecule has 0 unspecified atom stereocenters. The number of unbranched alkanes of at least 4 members (excludes halogenated alkanes) is 1. The summed E-state index contributed by atoms with van der Waals surface area (Å²) < 4.78 is 12.8. The van der Waals surface area contributed by atoms with E-state index in [9.17, 15) is 9.90 Å². The van der Waals surface area contributed by atoms with Crippen molar-refractivity contribution < 1.29 is 14.3 Å². The number of benzene rings is 1. The Morgan fingerprint density at radius 3 is 2.66 bits per heavy atom. The molecule has 1 atom stereocenters. The molecule has 0 spiro atoms. The number of nitrogens with zero attached hydrogens (tertiary/aromatic N) is 5. The number of pyridine rings is 1. The molecule has 0 aliphatic carbocycles. The highest BCUT2D eigenvalue weighted by Crippen LogP contribution is 2.27. The summed E-state index contributed by atoms with van der Waals surface area (Å²) >= 11 is 5.89. The lowest BCUT2D eigenvalue weighted by Gasteiger charge is -2.23. The van der Waals surface area contributed by atoms with Crippen molar-refractivity contribution in [2.75, 3.05) is 13.7 Å². The predicted octanol–water partition coefficient (Wildman–Crippen LogP) is 4.22. The maximum absolute atomic E-state index is 13.8. The van der Waals surface area contributed by atoms with Gasteiger partial charge >= 0.3 is 0 Å². The van der Waals surface area contributed by atoms with E-state index in [0.717, 1.165) is 18.4 Å². The van der Waals surface area contributed by atoms with Crippen molar-refractivity contribution >= 4 is 11.6 Å². The Labute approximate surface area is 207 Å². The van der Waals surface area contributed by atoms with E-state index in [-0.39, 0.29) is 30.4 Å².